The average molecular weight is 360 g/mol. The normalized spacial score (nSPS) is 12.7. The molecule has 5 nitrogen and oxygen atoms in total. The standard InChI is InChI=1S/C18H11F3N2O3/c19-18(20,21)10-4-3-5-11(8-10)22-17(24)15-13-9-25-14-7-2-1-6-12(14)16(13)26-23-15/h1-8H,9H2,(H,22,24). The number of fused-ring (bicyclic) bond motifs is 3. The first-order valence-corrected chi connectivity index (χ1v) is 7.63. The minimum absolute atomic E-state index is 0.0127. The molecule has 1 aliphatic heterocycles. The van der Waals surface area contributed by atoms with E-state index in [4.69, 9.17) is 9.26 Å². The van der Waals surface area contributed by atoms with Crippen LogP contribution in [-0.2, 0) is 12.8 Å². The number of nitrogens with zero attached hydrogens (tertiary/aromatic N) is 1. The van der Waals surface area contributed by atoms with Crippen LogP contribution in [0.25, 0.3) is 11.3 Å². The summed E-state index contributed by atoms with van der Waals surface area (Å²) in [6, 6.07) is 11.5. The van der Waals surface area contributed by atoms with Gasteiger partial charge in [-0.05, 0) is 30.3 Å². The second-order valence-corrected chi connectivity index (χ2v) is 5.66. The van der Waals surface area contributed by atoms with Gasteiger partial charge in [0, 0.05) is 5.69 Å². The Morgan fingerprint density at radius 1 is 1.12 bits per heavy atom. The molecular formula is C18H11F3N2O3. The van der Waals surface area contributed by atoms with E-state index in [-0.39, 0.29) is 18.0 Å². The fourth-order valence-electron chi connectivity index (χ4n) is 2.73. The molecule has 3 aromatic rings. The lowest BCUT2D eigenvalue weighted by Crippen LogP contribution is -2.17. The van der Waals surface area contributed by atoms with Crippen molar-refractivity contribution in [2.75, 3.05) is 5.32 Å². The molecule has 1 N–H and O–H groups in total. The second-order valence-electron chi connectivity index (χ2n) is 5.66. The molecule has 1 aliphatic rings. The Hall–Kier alpha value is -3.29. The molecule has 0 spiro atoms. The minimum atomic E-state index is -4.49. The van der Waals surface area contributed by atoms with E-state index in [1.807, 2.05) is 0 Å². The highest BCUT2D eigenvalue weighted by atomic mass is 19.4. The quantitative estimate of drug-likeness (QED) is 0.731. The highest BCUT2D eigenvalue weighted by Crippen LogP contribution is 2.38. The lowest BCUT2D eigenvalue weighted by Gasteiger charge is -2.16. The maximum Gasteiger partial charge on any atom is 0.416 e. The lowest BCUT2D eigenvalue weighted by molar-refractivity contribution is -0.137. The smallest absolute Gasteiger partial charge is 0.416 e. The molecule has 0 radical (unpaired) electrons. The van der Waals surface area contributed by atoms with Crippen molar-refractivity contribution >= 4 is 11.6 Å². The number of carbonyl (C=O) groups excluding carboxylic acids is 1. The van der Waals surface area contributed by atoms with Crippen molar-refractivity contribution in [2.45, 2.75) is 12.8 Å². The van der Waals surface area contributed by atoms with E-state index in [0.29, 0.717) is 22.6 Å². The van der Waals surface area contributed by atoms with Crippen LogP contribution in [0.2, 0.25) is 0 Å². The zero-order chi connectivity index (χ0) is 18.3. The molecule has 2 aromatic carbocycles. The van der Waals surface area contributed by atoms with Gasteiger partial charge in [0.15, 0.2) is 11.5 Å². The molecule has 1 aromatic heterocycles. The molecule has 2 heterocycles. The third-order valence-corrected chi connectivity index (χ3v) is 3.95. The first-order chi connectivity index (χ1) is 12.4. The van der Waals surface area contributed by atoms with Crippen LogP contribution in [0.15, 0.2) is 53.1 Å². The second kappa shape index (κ2) is 5.91. The van der Waals surface area contributed by atoms with Crippen molar-refractivity contribution in [2.24, 2.45) is 0 Å². The monoisotopic (exact) mass is 360 g/mol. The molecule has 4 rings (SSSR count). The molecule has 1 amide bonds. The number of halogens is 3. The summed E-state index contributed by atoms with van der Waals surface area (Å²) in [7, 11) is 0. The fraction of sp³-hybridized carbons (Fsp3) is 0.111. The van der Waals surface area contributed by atoms with Gasteiger partial charge in [-0.2, -0.15) is 13.2 Å². The van der Waals surface area contributed by atoms with Crippen LogP contribution in [0.3, 0.4) is 0 Å². The van der Waals surface area contributed by atoms with Crippen LogP contribution in [0.4, 0.5) is 18.9 Å². The number of rotatable bonds is 2. The molecule has 0 fully saturated rings. The van der Waals surface area contributed by atoms with Gasteiger partial charge in [0.2, 0.25) is 0 Å². The Bertz CT molecular complexity index is 995. The molecule has 132 valence electrons. The SMILES string of the molecule is O=C(Nc1cccc(C(F)(F)F)c1)c1noc2c1COc1ccccc1-2. The predicted octanol–water partition coefficient (Wildman–Crippen LogP) is 4.51. The van der Waals surface area contributed by atoms with Crippen LogP contribution >= 0.6 is 0 Å². The highest BCUT2D eigenvalue weighted by Gasteiger charge is 2.31. The number of aromatic nitrogens is 1. The molecule has 8 heteroatoms. The van der Waals surface area contributed by atoms with Crippen molar-refractivity contribution < 1.29 is 27.2 Å². The molecule has 0 saturated carbocycles. The van der Waals surface area contributed by atoms with E-state index in [9.17, 15) is 18.0 Å². The van der Waals surface area contributed by atoms with Crippen LogP contribution < -0.4 is 10.1 Å². The number of hydrogen-bond acceptors (Lipinski definition) is 4. The van der Waals surface area contributed by atoms with Gasteiger partial charge in [0.1, 0.15) is 12.4 Å². The third kappa shape index (κ3) is 2.79. The van der Waals surface area contributed by atoms with E-state index < -0.39 is 17.6 Å². The molecule has 0 aliphatic carbocycles. The van der Waals surface area contributed by atoms with Gasteiger partial charge >= 0.3 is 6.18 Å². The van der Waals surface area contributed by atoms with E-state index in [1.54, 1.807) is 24.3 Å². The number of carbonyl (C=O) groups is 1. The van der Waals surface area contributed by atoms with Gasteiger partial charge < -0.3 is 14.6 Å². The van der Waals surface area contributed by atoms with Gasteiger partial charge in [-0.1, -0.05) is 23.4 Å². The molecule has 0 saturated heterocycles. The predicted molar refractivity (Wildman–Crippen MR) is 85.7 cm³/mol. The Labute approximate surface area is 145 Å². The van der Waals surface area contributed by atoms with Crippen molar-refractivity contribution in [1.82, 2.24) is 5.16 Å². The van der Waals surface area contributed by atoms with E-state index >= 15 is 0 Å². The lowest BCUT2D eigenvalue weighted by atomic mass is 10.0. The summed E-state index contributed by atoms with van der Waals surface area (Å²) in [5.74, 6) is 0.360. The van der Waals surface area contributed by atoms with Gasteiger partial charge in [0.05, 0.1) is 16.7 Å². The number of para-hydroxylation sites is 1. The third-order valence-electron chi connectivity index (χ3n) is 3.95. The Morgan fingerprint density at radius 3 is 2.73 bits per heavy atom. The van der Waals surface area contributed by atoms with Gasteiger partial charge in [-0.15, -0.1) is 0 Å². The van der Waals surface area contributed by atoms with Crippen LogP contribution in [0.1, 0.15) is 21.6 Å². The van der Waals surface area contributed by atoms with Gasteiger partial charge in [0.25, 0.3) is 5.91 Å². The van der Waals surface area contributed by atoms with Crippen LogP contribution in [-0.4, -0.2) is 11.1 Å². The van der Waals surface area contributed by atoms with Crippen molar-refractivity contribution in [3.8, 4) is 17.1 Å². The molecule has 26 heavy (non-hydrogen) atoms. The highest BCUT2D eigenvalue weighted by molar-refractivity contribution is 6.04. The Morgan fingerprint density at radius 2 is 1.92 bits per heavy atom. The summed E-state index contributed by atoms with van der Waals surface area (Å²) in [4.78, 5) is 12.4. The number of benzene rings is 2. The summed E-state index contributed by atoms with van der Waals surface area (Å²) in [6.45, 7) is 0.0845. The Balaban J connectivity index is 1.63. The average Bonchev–Trinajstić information content (AvgIpc) is 3.06. The first-order valence-electron chi connectivity index (χ1n) is 7.63. The number of nitrogens with one attached hydrogen (secondary N) is 1. The molecule has 0 bridgehead atoms. The number of anilines is 1. The van der Waals surface area contributed by atoms with Gasteiger partial charge in [-0.25, -0.2) is 0 Å². The van der Waals surface area contributed by atoms with Crippen LogP contribution in [0, 0.1) is 0 Å². The summed E-state index contributed by atoms with van der Waals surface area (Å²) < 4.78 is 49.2. The molecular weight excluding hydrogens is 349 g/mol. The van der Waals surface area contributed by atoms with Crippen molar-refractivity contribution in [3.05, 3.63) is 65.4 Å². The van der Waals surface area contributed by atoms with Crippen molar-refractivity contribution in [3.63, 3.8) is 0 Å². The summed E-state index contributed by atoms with van der Waals surface area (Å²) in [5, 5.41) is 6.19. The minimum Gasteiger partial charge on any atom is -0.488 e. The number of ether oxygens (including phenoxy) is 1. The summed E-state index contributed by atoms with van der Waals surface area (Å²) in [5.41, 5.74) is 0.257. The Kier molecular flexibility index (Phi) is 3.68. The first kappa shape index (κ1) is 16.2. The maximum atomic E-state index is 12.8. The number of alkyl halides is 3. The van der Waals surface area contributed by atoms with E-state index in [1.165, 1.54) is 12.1 Å². The number of hydrogen-bond donors (Lipinski definition) is 1. The zero-order valence-corrected chi connectivity index (χ0v) is 13.1. The summed E-state index contributed by atoms with van der Waals surface area (Å²) in [6.07, 6.45) is -4.49. The molecule has 0 unspecified atom stereocenters. The molecule has 0 atom stereocenters. The van der Waals surface area contributed by atoms with E-state index in [2.05, 4.69) is 10.5 Å². The number of amides is 1. The van der Waals surface area contributed by atoms with Crippen LogP contribution in [0.5, 0.6) is 5.75 Å². The van der Waals surface area contributed by atoms with Crippen molar-refractivity contribution in [1.29, 1.82) is 0 Å². The fourth-order valence-corrected chi connectivity index (χ4v) is 2.73. The largest absolute Gasteiger partial charge is 0.488 e. The summed E-state index contributed by atoms with van der Waals surface area (Å²) >= 11 is 0. The van der Waals surface area contributed by atoms with Gasteiger partial charge in [-0.3, -0.25) is 4.79 Å². The topological polar surface area (TPSA) is 64.4 Å². The van der Waals surface area contributed by atoms with E-state index in [0.717, 1.165) is 12.1 Å². The zero-order valence-electron chi connectivity index (χ0n) is 13.1. The maximum absolute atomic E-state index is 12.8.